The molecule has 0 aliphatic heterocycles. The van der Waals surface area contributed by atoms with Crippen molar-refractivity contribution in [1.82, 2.24) is 20.2 Å². The van der Waals surface area contributed by atoms with Crippen molar-refractivity contribution in [2.24, 2.45) is 23.2 Å². The van der Waals surface area contributed by atoms with Gasteiger partial charge in [0.05, 0.1) is 18.8 Å². The Morgan fingerprint density at radius 2 is 1.62 bits per heavy atom. The first-order chi connectivity index (χ1) is 21.4. The van der Waals surface area contributed by atoms with E-state index in [2.05, 4.69) is 116 Å². The second-order valence-corrected chi connectivity index (χ2v) is 28.6. The number of aromatic nitrogens is 4. The molecule has 1 aromatic rings. The van der Waals surface area contributed by atoms with E-state index in [1.165, 1.54) is 37.7 Å². The van der Waals surface area contributed by atoms with E-state index >= 15 is 0 Å². The van der Waals surface area contributed by atoms with Gasteiger partial charge in [-0.25, -0.2) is 0 Å². The summed E-state index contributed by atoms with van der Waals surface area (Å²) in [6, 6.07) is 0. The molecule has 3 aliphatic carbocycles. The zero-order valence-electron chi connectivity index (χ0n) is 32.5. The van der Waals surface area contributed by atoms with Crippen molar-refractivity contribution in [2.75, 3.05) is 0 Å². The molecule has 0 spiro atoms. The Bertz CT molecular complexity index is 1340. The first-order valence-electron chi connectivity index (χ1n) is 18.3. The van der Waals surface area contributed by atoms with Gasteiger partial charge in [0.25, 0.3) is 0 Å². The standard InChI is InChI=1S/C38H68N4O3Si2/c1-26(25-42-40-34(39-41-42)37(9,10)43)31-20-21-32-28(17-16-22-38(31,32)11)18-19-29-23-30(44-46(12,13)35(3,4)5)24-33(27(29)2)45-47(14,15)36(6,7)8/h18-19,26,30-33,43H,2,16-17,20-25H2,1,3-15H3/b28-18+,29-19-/t26-,30-,31-,32+,33+,38-/m1/s1. The molecule has 3 fully saturated rings. The Morgan fingerprint density at radius 1 is 1.00 bits per heavy atom. The highest BCUT2D eigenvalue weighted by molar-refractivity contribution is 6.74. The SMILES string of the molecule is C=C1/C(=C\C=C2/CCC[C@]3(C)[C@@H]([C@H](C)Cn4nnc(C(C)(C)O)n4)CC[C@@H]23)C[C@@H](O[Si](C)(C)C(C)(C)C)C[C@@H]1O[Si](C)(C)C(C)(C)C. The maximum Gasteiger partial charge on any atom is 0.205 e. The summed E-state index contributed by atoms with van der Waals surface area (Å²) < 4.78 is 14.2. The molecule has 1 N–H and O–H groups in total. The van der Waals surface area contributed by atoms with Crippen molar-refractivity contribution in [3.8, 4) is 0 Å². The van der Waals surface area contributed by atoms with Crippen molar-refractivity contribution >= 4 is 16.6 Å². The van der Waals surface area contributed by atoms with E-state index in [1.54, 1.807) is 24.2 Å². The number of hydrogen-bond donors (Lipinski definition) is 1. The largest absolute Gasteiger partial charge is 0.413 e. The number of allylic oxidation sites excluding steroid dienone is 3. The highest BCUT2D eigenvalue weighted by atomic mass is 28.4. The molecule has 4 rings (SSSR count). The number of rotatable bonds is 9. The lowest BCUT2D eigenvalue weighted by molar-refractivity contribution is 0.0672. The average molecular weight is 685 g/mol. The van der Waals surface area contributed by atoms with Crippen LogP contribution in [0.2, 0.25) is 36.3 Å². The van der Waals surface area contributed by atoms with E-state index in [1.807, 2.05) is 0 Å². The summed E-state index contributed by atoms with van der Waals surface area (Å²) in [6.45, 7) is 37.1. The van der Waals surface area contributed by atoms with Gasteiger partial charge in [-0.3, -0.25) is 0 Å². The summed E-state index contributed by atoms with van der Waals surface area (Å²) in [7, 11) is -3.95. The Morgan fingerprint density at radius 3 is 2.19 bits per heavy atom. The molecule has 1 heterocycles. The van der Waals surface area contributed by atoms with E-state index in [0.717, 1.165) is 25.0 Å². The third-order valence-electron chi connectivity index (χ3n) is 12.9. The molecule has 0 radical (unpaired) electrons. The molecule has 0 unspecified atom stereocenters. The summed E-state index contributed by atoms with van der Waals surface area (Å²) in [5.74, 6) is 1.99. The van der Waals surface area contributed by atoms with Gasteiger partial charge in [0, 0.05) is 6.42 Å². The summed E-state index contributed by atoms with van der Waals surface area (Å²) >= 11 is 0. The summed E-state index contributed by atoms with van der Waals surface area (Å²) in [6.07, 6.45) is 12.9. The predicted molar refractivity (Wildman–Crippen MR) is 199 cm³/mol. The second-order valence-electron chi connectivity index (χ2n) is 19.1. The average Bonchev–Trinajstić information content (AvgIpc) is 3.52. The van der Waals surface area contributed by atoms with Crippen molar-refractivity contribution in [1.29, 1.82) is 0 Å². The van der Waals surface area contributed by atoms with E-state index in [0.29, 0.717) is 23.6 Å². The minimum absolute atomic E-state index is 0.000267. The maximum absolute atomic E-state index is 10.3. The fourth-order valence-corrected chi connectivity index (χ4v) is 10.6. The third-order valence-corrected chi connectivity index (χ3v) is 21.9. The molecule has 0 saturated heterocycles. The van der Waals surface area contributed by atoms with Crippen molar-refractivity contribution in [2.45, 2.75) is 175 Å². The van der Waals surface area contributed by atoms with Gasteiger partial charge in [-0.05, 0) is 128 Å². The van der Waals surface area contributed by atoms with Gasteiger partial charge in [-0.2, -0.15) is 4.80 Å². The highest BCUT2D eigenvalue weighted by Gasteiger charge is 2.51. The van der Waals surface area contributed by atoms with Crippen LogP contribution in [0.25, 0.3) is 0 Å². The molecule has 47 heavy (non-hydrogen) atoms. The minimum atomic E-state index is -2.00. The van der Waals surface area contributed by atoms with Crippen LogP contribution < -0.4 is 0 Å². The van der Waals surface area contributed by atoms with Gasteiger partial charge in [-0.15, -0.1) is 10.2 Å². The quantitative estimate of drug-likeness (QED) is 0.261. The Balaban J connectivity index is 1.57. The van der Waals surface area contributed by atoms with Gasteiger partial charge < -0.3 is 14.0 Å². The minimum Gasteiger partial charge on any atom is -0.413 e. The van der Waals surface area contributed by atoms with Gasteiger partial charge in [0.15, 0.2) is 16.6 Å². The number of nitrogens with zero attached hydrogens (tertiary/aromatic N) is 4. The van der Waals surface area contributed by atoms with Gasteiger partial charge in [0.2, 0.25) is 5.82 Å². The van der Waals surface area contributed by atoms with Crippen molar-refractivity contribution < 1.29 is 14.0 Å². The summed E-state index contributed by atoms with van der Waals surface area (Å²) in [4.78, 5) is 1.69. The van der Waals surface area contributed by atoms with Crippen molar-refractivity contribution in [3.63, 3.8) is 0 Å². The first-order valence-corrected chi connectivity index (χ1v) is 24.1. The lowest BCUT2D eigenvalue weighted by Crippen LogP contribution is -2.49. The second kappa shape index (κ2) is 13.4. The number of tetrazole rings is 1. The van der Waals surface area contributed by atoms with Gasteiger partial charge >= 0.3 is 0 Å². The lowest BCUT2D eigenvalue weighted by Gasteiger charge is -2.45. The Labute approximate surface area is 289 Å². The zero-order valence-corrected chi connectivity index (χ0v) is 34.5. The molecule has 266 valence electrons. The molecule has 1 aromatic heterocycles. The third kappa shape index (κ3) is 8.33. The van der Waals surface area contributed by atoms with E-state index < -0.39 is 22.2 Å². The van der Waals surface area contributed by atoms with E-state index in [4.69, 9.17) is 8.85 Å². The normalized spacial score (nSPS) is 30.7. The highest BCUT2D eigenvalue weighted by Crippen LogP contribution is 2.59. The summed E-state index contributed by atoms with van der Waals surface area (Å²) in [5, 5.41) is 23.5. The molecule has 6 atom stereocenters. The first kappa shape index (κ1) is 38.4. The molecule has 0 amide bonds. The molecule has 3 aliphatic rings. The van der Waals surface area contributed by atoms with Crippen LogP contribution in [0.5, 0.6) is 0 Å². The molecular formula is C38H68N4O3Si2. The Hall–Kier alpha value is -1.40. The predicted octanol–water partition coefficient (Wildman–Crippen LogP) is 9.74. The molecule has 7 nitrogen and oxygen atoms in total. The van der Waals surface area contributed by atoms with Crippen LogP contribution in [-0.4, -0.2) is 54.2 Å². The molecular weight excluding hydrogens is 617 g/mol. The fraction of sp³-hybridized carbons (Fsp3) is 0.816. The van der Waals surface area contributed by atoms with Crippen LogP contribution in [0, 0.1) is 23.2 Å². The molecule has 3 saturated carbocycles. The van der Waals surface area contributed by atoms with Crippen LogP contribution in [0.1, 0.15) is 120 Å². The van der Waals surface area contributed by atoms with E-state index in [9.17, 15) is 5.11 Å². The van der Waals surface area contributed by atoms with Crippen LogP contribution in [-0.2, 0) is 21.0 Å². The zero-order chi connectivity index (χ0) is 35.4. The van der Waals surface area contributed by atoms with Gasteiger partial charge in [-0.1, -0.05) is 79.7 Å². The Kier molecular flexibility index (Phi) is 10.9. The smallest absolute Gasteiger partial charge is 0.205 e. The van der Waals surface area contributed by atoms with Crippen LogP contribution in [0.4, 0.5) is 0 Å². The number of fused-ring (bicyclic) bond motifs is 1. The molecule has 0 bridgehead atoms. The van der Waals surface area contributed by atoms with Crippen molar-refractivity contribution in [3.05, 3.63) is 41.3 Å². The fourth-order valence-electron chi connectivity index (χ4n) is 7.93. The lowest BCUT2D eigenvalue weighted by atomic mass is 9.61. The van der Waals surface area contributed by atoms with Gasteiger partial charge in [0.1, 0.15) is 5.60 Å². The molecule has 9 heteroatoms. The van der Waals surface area contributed by atoms with Crippen LogP contribution in [0.3, 0.4) is 0 Å². The monoisotopic (exact) mass is 684 g/mol. The maximum atomic E-state index is 10.3. The van der Waals surface area contributed by atoms with Crippen LogP contribution in [0.15, 0.2) is 35.5 Å². The van der Waals surface area contributed by atoms with E-state index in [-0.39, 0.29) is 27.7 Å². The number of hydrogen-bond acceptors (Lipinski definition) is 6. The topological polar surface area (TPSA) is 82.3 Å². The van der Waals surface area contributed by atoms with Crippen LogP contribution >= 0.6 is 0 Å². The molecule has 0 aromatic carbocycles. The summed E-state index contributed by atoms with van der Waals surface area (Å²) in [5.41, 5.74) is 3.25. The number of aliphatic hydroxyl groups is 1.